The van der Waals surface area contributed by atoms with Crippen molar-refractivity contribution < 1.29 is 38.6 Å². The second kappa shape index (κ2) is 11.9. The zero-order valence-electron chi connectivity index (χ0n) is 26.7. The van der Waals surface area contributed by atoms with Crippen molar-refractivity contribution in [2.75, 3.05) is 10.3 Å². The van der Waals surface area contributed by atoms with Gasteiger partial charge in [-0.15, -0.1) is 0 Å². The molecule has 8 rings (SSSR count). The number of anilines is 2. The number of hydrazine groups is 1. The molecule has 256 valence electrons. The Morgan fingerprint density at radius 2 is 1.59 bits per heavy atom. The van der Waals surface area contributed by atoms with Gasteiger partial charge in [0.2, 0.25) is 11.8 Å². The molecule has 4 aliphatic rings. The Bertz CT molecular complexity index is 2190. The van der Waals surface area contributed by atoms with Crippen molar-refractivity contribution >= 4 is 52.6 Å². The number of rotatable bonds is 6. The number of carboxylic acids is 1. The zero-order chi connectivity index (χ0) is 35.8. The first kappa shape index (κ1) is 32.4. The number of allylic oxidation sites excluding steroid dienone is 2. The van der Waals surface area contributed by atoms with Crippen LogP contribution in [0.2, 0.25) is 5.02 Å². The lowest BCUT2D eigenvalue weighted by Gasteiger charge is -2.50. The molecule has 0 radical (unpaired) electrons. The minimum Gasteiger partial charge on any atom is -0.508 e. The van der Waals surface area contributed by atoms with E-state index in [9.17, 15) is 33.8 Å². The van der Waals surface area contributed by atoms with E-state index in [-0.39, 0.29) is 29.8 Å². The highest BCUT2D eigenvalue weighted by Gasteiger charge is 2.70. The summed E-state index contributed by atoms with van der Waals surface area (Å²) in [5.74, 6) is -8.22. The van der Waals surface area contributed by atoms with Gasteiger partial charge in [0.25, 0.3) is 11.8 Å². The molecule has 4 amide bonds. The lowest BCUT2D eigenvalue weighted by atomic mass is 9.49. The van der Waals surface area contributed by atoms with Crippen LogP contribution in [-0.4, -0.2) is 44.8 Å². The first-order valence-corrected chi connectivity index (χ1v) is 16.7. The van der Waals surface area contributed by atoms with E-state index < -0.39 is 70.4 Å². The summed E-state index contributed by atoms with van der Waals surface area (Å²) < 4.78 is 13.8. The number of nitrogens with zero attached hydrogens (tertiary/aromatic N) is 2. The number of hydrogen-bond acceptors (Lipinski definition) is 7. The van der Waals surface area contributed by atoms with Gasteiger partial charge in [0, 0.05) is 10.9 Å². The van der Waals surface area contributed by atoms with Crippen molar-refractivity contribution in [3.8, 4) is 5.75 Å². The molecule has 3 fully saturated rings. The average Bonchev–Trinajstić information content (AvgIpc) is 3.50. The van der Waals surface area contributed by atoms with Crippen molar-refractivity contribution in [2.45, 2.75) is 24.2 Å². The normalized spacial score (nSPS) is 26.8. The maximum atomic E-state index is 15.1. The summed E-state index contributed by atoms with van der Waals surface area (Å²) in [4.78, 5) is 70.9. The molecule has 2 saturated heterocycles. The summed E-state index contributed by atoms with van der Waals surface area (Å²) in [6.45, 7) is 0. The molecule has 2 aliphatic heterocycles. The number of nitrogens with one attached hydrogen (secondary N) is 1. The highest BCUT2D eigenvalue weighted by atomic mass is 35.5. The van der Waals surface area contributed by atoms with Gasteiger partial charge >= 0.3 is 5.97 Å². The lowest BCUT2D eigenvalue weighted by Crippen LogP contribution is -2.53. The predicted octanol–water partition coefficient (Wildman–Crippen LogP) is 6.07. The number of fused-ring (bicyclic) bond motifs is 4. The first-order valence-electron chi connectivity index (χ1n) is 16.4. The van der Waals surface area contributed by atoms with Crippen molar-refractivity contribution in [1.82, 2.24) is 5.01 Å². The van der Waals surface area contributed by atoms with Gasteiger partial charge in [-0.3, -0.25) is 29.5 Å². The molecule has 51 heavy (non-hydrogen) atoms. The number of carbonyl (C=O) groups is 5. The molecule has 12 heteroatoms. The molecule has 10 nitrogen and oxygen atoms in total. The van der Waals surface area contributed by atoms with E-state index in [4.69, 9.17) is 11.6 Å². The third kappa shape index (κ3) is 4.86. The van der Waals surface area contributed by atoms with Gasteiger partial charge in [-0.2, -0.15) is 5.01 Å². The van der Waals surface area contributed by atoms with E-state index in [2.05, 4.69) is 5.43 Å². The Hall–Kier alpha value is -5.81. The quantitative estimate of drug-likeness (QED) is 0.162. The van der Waals surface area contributed by atoms with Crippen LogP contribution in [0, 0.1) is 29.5 Å². The minimum absolute atomic E-state index is 0.0269. The Morgan fingerprint density at radius 3 is 2.29 bits per heavy atom. The standard InChI is InChI=1S/C39H29ClFN3O7/c40-23-9-7-22(8-10-23)39-31(35(47)44(38(39)51)42-25-13-11-24(41)12-14-25)19-30-28(33(39)20-3-2-6-27(45)18-20)15-16-29-32(30)36(48)43(34(29)46)26-5-1-4-21(17-26)37(49)50/h1-15,17-18,29-33,42,45H,16,19H2,(H,49,50). The monoisotopic (exact) mass is 705 g/mol. The Labute approximate surface area is 295 Å². The summed E-state index contributed by atoms with van der Waals surface area (Å²) in [5, 5.41) is 21.7. The number of aromatic hydroxyl groups is 1. The number of phenolic OH excluding ortho intramolecular Hbond substituents is 1. The third-order valence-corrected chi connectivity index (χ3v) is 11.1. The van der Waals surface area contributed by atoms with Crippen LogP contribution in [0.1, 0.15) is 40.2 Å². The predicted molar refractivity (Wildman–Crippen MR) is 183 cm³/mol. The van der Waals surface area contributed by atoms with Crippen LogP contribution in [0.5, 0.6) is 5.75 Å². The molecule has 3 N–H and O–H groups in total. The Balaban J connectivity index is 1.30. The number of amides is 4. The Kier molecular flexibility index (Phi) is 7.57. The van der Waals surface area contributed by atoms with Crippen LogP contribution in [0.3, 0.4) is 0 Å². The summed E-state index contributed by atoms with van der Waals surface area (Å²) in [6.07, 6.45) is 2.07. The van der Waals surface area contributed by atoms with E-state index in [1.807, 2.05) is 6.08 Å². The molecular formula is C39H29ClFN3O7. The van der Waals surface area contributed by atoms with Gasteiger partial charge in [-0.1, -0.05) is 53.6 Å². The van der Waals surface area contributed by atoms with Crippen LogP contribution >= 0.6 is 11.6 Å². The van der Waals surface area contributed by atoms with Gasteiger partial charge < -0.3 is 10.2 Å². The summed E-state index contributed by atoms with van der Waals surface area (Å²) >= 11 is 6.32. The summed E-state index contributed by atoms with van der Waals surface area (Å²) in [5.41, 5.74) is 3.36. The molecule has 1 saturated carbocycles. The van der Waals surface area contributed by atoms with Crippen LogP contribution in [0.15, 0.2) is 109 Å². The van der Waals surface area contributed by atoms with Crippen molar-refractivity contribution in [2.24, 2.45) is 23.7 Å². The minimum atomic E-state index is -1.58. The molecule has 4 aromatic rings. The molecule has 2 aliphatic carbocycles. The van der Waals surface area contributed by atoms with Crippen LogP contribution in [-0.2, 0) is 24.6 Å². The smallest absolute Gasteiger partial charge is 0.335 e. The van der Waals surface area contributed by atoms with Gasteiger partial charge in [0.1, 0.15) is 11.6 Å². The van der Waals surface area contributed by atoms with Gasteiger partial charge in [0.15, 0.2) is 0 Å². The fraction of sp³-hybridized carbons (Fsp3) is 0.205. The number of carbonyl (C=O) groups excluding carboxylic acids is 4. The number of phenols is 1. The van der Waals surface area contributed by atoms with Gasteiger partial charge in [0.05, 0.1) is 40.1 Å². The molecule has 0 aromatic heterocycles. The van der Waals surface area contributed by atoms with Crippen LogP contribution < -0.4 is 10.3 Å². The largest absolute Gasteiger partial charge is 0.508 e. The SMILES string of the molecule is O=C(O)c1cccc(N2C(=O)C3CC=C4C(CC5C(=O)N(Nc6ccc(F)cc6)C(=O)C5(c5ccc(Cl)cc5)C4c4cccc(O)c4)C3C2=O)c1. The topological polar surface area (TPSA) is 144 Å². The molecule has 4 aromatic carbocycles. The highest BCUT2D eigenvalue weighted by molar-refractivity contribution is 6.30. The average molecular weight is 706 g/mol. The first-order chi connectivity index (χ1) is 24.5. The number of aromatic carboxylic acids is 1. The number of benzene rings is 4. The van der Waals surface area contributed by atoms with Crippen molar-refractivity contribution in [3.63, 3.8) is 0 Å². The van der Waals surface area contributed by atoms with E-state index in [0.29, 0.717) is 27.4 Å². The maximum Gasteiger partial charge on any atom is 0.335 e. The van der Waals surface area contributed by atoms with E-state index in [1.54, 1.807) is 36.4 Å². The number of carboxylic acid groups (broad SMARTS) is 1. The molecule has 0 spiro atoms. The second-order valence-corrected chi connectivity index (χ2v) is 13.8. The lowest BCUT2D eigenvalue weighted by molar-refractivity contribution is -0.138. The van der Waals surface area contributed by atoms with Crippen molar-refractivity contribution in [3.05, 3.63) is 136 Å². The zero-order valence-corrected chi connectivity index (χ0v) is 27.5. The number of halogens is 2. The Morgan fingerprint density at radius 1 is 0.863 bits per heavy atom. The summed E-state index contributed by atoms with van der Waals surface area (Å²) in [7, 11) is 0. The molecule has 0 bridgehead atoms. The van der Waals surface area contributed by atoms with Crippen LogP contribution in [0.4, 0.5) is 15.8 Å². The van der Waals surface area contributed by atoms with Crippen LogP contribution in [0.25, 0.3) is 0 Å². The highest BCUT2D eigenvalue weighted by Crippen LogP contribution is 2.64. The van der Waals surface area contributed by atoms with Gasteiger partial charge in [-0.05, 0) is 96.6 Å². The number of hydrogen-bond donors (Lipinski definition) is 3. The second-order valence-electron chi connectivity index (χ2n) is 13.3. The molecule has 6 unspecified atom stereocenters. The maximum absolute atomic E-state index is 15.1. The van der Waals surface area contributed by atoms with E-state index in [1.165, 1.54) is 60.7 Å². The van der Waals surface area contributed by atoms with E-state index in [0.717, 1.165) is 9.91 Å². The molecular weight excluding hydrogens is 677 g/mol. The third-order valence-electron chi connectivity index (χ3n) is 10.8. The fourth-order valence-electron chi connectivity index (χ4n) is 8.77. The number of imide groups is 2. The van der Waals surface area contributed by atoms with Crippen molar-refractivity contribution in [1.29, 1.82) is 0 Å². The molecule has 6 atom stereocenters. The molecule has 2 heterocycles. The van der Waals surface area contributed by atoms with Gasteiger partial charge in [-0.25, -0.2) is 9.18 Å². The van der Waals surface area contributed by atoms with E-state index >= 15 is 4.79 Å². The summed E-state index contributed by atoms with van der Waals surface area (Å²) in [6, 6.07) is 23.9. The fourth-order valence-corrected chi connectivity index (χ4v) is 8.89.